The van der Waals surface area contributed by atoms with Crippen molar-refractivity contribution in [2.75, 3.05) is 23.7 Å². The summed E-state index contributed by atoms with van der Waals surface area (Å²) in [5, 5.41) is 3.79. The van der Waals surface area contributed by atoms with E-state index in [2.05, 4.69) is 5.32 Å². The van der Waals surface area contributed by atoms with E-state index in [1.54, 1.807) is 43.3 Å². The number of halogens is 2. The minimum atomic E-state index is -3.83. The first-order valence-corrected chi connectivity index (χ1v) is 14.0. The minimum absolute atomic E-state index is 0.121. The lowest BCUT2D eigenvalue weighted by molar-refractivity contribution is -0.140. The average molecular weight is 543 g/mol. The molecule has 2 rings (SSSR count). The van der Waals surface area contributed by atoms with Crippen LogP contribution in [0.3, 0.4) is 0 Å². The summed E-state index contributed by atoms with van der Waals surface area (Å²) >= 11 is 12.1. The third-order valence-electron chi connectivity index (χ3n) is 5.46. The highest BCUT2D eigenvalue weighted by atomic mass is 35.5. The second-order valence-electron chi connectivity index (χ2n) is 8.91. The normalized spacial score (nSPS) is 12.3. The first kappa shape index (κ1) is 28.9. The fourth-order valence-corrected chi connectivity index (χ4v) is 4.77. The summed E-state index contributed by atoms with van der Waals surface area (Å²) in [6.07, 6.45) is 1.40. The van der Waals surface area contributed by atoms with Crippen LogP contribution < -0.4 is 9.62 Å². The predicted octanol–water partition coefficient (Wildman–Crippen LogP) is 4.65. The van der Waals surface area contributed by atoms with E-state index in [-0.39, 0.29) is 18.4 Å². The van der Waals surface area contributed by atoms with Crippen molar-refractivity contribution in [2.45, 2.75) is 46.7 Å². The molecule has 1 unspecified atom stereocenters. The van der Waals surface area contributed by atoms with E-state index >= 15 is 0 Å². The van der Waals surface area contributed by atoms with Crippen LogP contribution in [0.2, 0.25) is 10.0 Å². The molecule has 2 amide bonds. The third kappa shape index (κ3) is 8.40. The lowest BCUT2D eigenvalue weighted by atomic mass is 10.1. The number of nitrogens with zero attached hydrogens (tertiary/aromatic N) is 2. The van der Waals surface area contributed by atoms with Gasteiger partial charge < -0.3 is 10.2 Å². The van der Waals surface area contributed by atoms with E-state index in [0.717, 1.165) is 16.1 Å². The van der Waals surface area contributed by atoms with Crippen molar-refractivity contribution in [1.82, 2.24) is 10.2 Å². The molecule has 0 fully saturated rings. The SMILES string of the molecule is CCC(C(=O)NCC(C)C)N(Cc1ccc(Cl)cc1)C(=O)CN(c1cc(Cl)ccc1C)S(C)(=O)=O. The van der Waals surface area contributed by atoms with Crippen LogP contribution in [0.15, 0.2) is 42.5 Å². The minimum Gasteiger partial charge on any atom is -0.354 e. The van der Waals surface area contributed by atoms with Gasteiger partial charge in [-0.25, -0.2) is 8.42 Å². The van der Waals surface area contributed by atoms with E-state index < -0.39 is 28.5 Å². The van der Waals surface area contributed by atoms with Crippen molar-refractivity contribution < 1.29 is 18.0 Å². The smallest absolute Gasteiger partial charge is 0.244 e. The zero-order chi connectivity index (χ0) is 26.3. The van der Waals surface area contributed by atoms with Gasteiger partial charge in [-0.1, -0.05) is 62.2 Å². The third-order valence-corrected chi connectivity index (χ3v) is 7.07. The van der Waals surface area contributed by atoms with E-state index in [1.807, 2.05) is 20.8 Å². The zero-order valence-electron chi connectivity index (χ0n) is 20.7. The fraction of sp³-hybridized carbons (Fsp3) is 0.440. The Morgan fingerprint density at radius 1 is 1.03 bits per heavy atom. The Hall–Kier alpha value is -2.29. The Bertz CT molecular complexity index is 1140. The lowest BCUT2D eigenvalue weighted by Gasteiger charge is -2.33. The van der Waals surface area contributed by atoms with Gasteiger partial charge in [-0.3, -0.25) is 13.9 Å². The van der Waals surface area contributed by atoms with Gasteiger partial charge in [-0.2, -0.15) is 0 Å². The van der Waals surface area contributed by atoms with Gasteiger partial charge in [0, 0.05) is 23.1 Å². The van der Waals surface area contributed by atoms with Crippen LogP contribution in [-0.4, -0.2) is 50.5 Å². The molecule has 7 nitrogen and oxygen atoms in total. The van der Waals surface area contributed by atoms with Gasteiger partial charge in [-0.15, -0.1) is 0 Å². The van der Waals surface area contributed by atoms with Crippen molar-refractivity contribution in [3.63, 3.8) is 0 Å². The van der Waals surface area contributed by atoms with Crippen LogP contribution in [0.4, 0.5) is 5.69 Å². The molecule has 0 saturated carbocycles. The quantitative estimate of drug-likeness (QED) is 0.448. The summed E-state index contributed by atoms with van der Waals surface area (Å²) < 4.78 is 26.5. The second kappa shape index (κ2) is 12.6. The van der Waals surface area contributed by atoms with Gasteiger partial charge in [0.05, 0.1) is 11.9 Å². The Balaban J connectivity index is 2.45. The van der Waals surface area contributed by atoms with Gasteiger partial charge in [0.15, 0.2) is 0 Å². The number of anilines is 1. The molecule has 10 heteroatoms. The lowest BCUT2D eigenvalue weighted by Crippen LogP contribution is -2.52. The van der Waals surface area contributed by atoms with Crippen LogP contribution >= 0.6 is 23.2 Å². The zero-order valence-corrected chi connectivity index (χ0v) is 23.0. The van der Waals surface area contributed by atoms with E-state index in [9.17, 15) is 18.0 Å². The van der Waals surface area contributed by atoms with Crippen LogP contribution in [0, 0.1) is 12.8 Å². The van der Waals surface area contributed by atoms with E-state index in [1.165, 1.54) is 11.0 Å². The maximum Gasteiger partial charge on any atom is 0.244 e. The Morgan fingerprint density at radius 2 is 1.63 bits per heavy atom. The Kier molecular flexibility index (Phi) is 10.4. The summed E-state index contributed by atoms with van der Waals surface area (Å²) in [6, 6.07) is 11.0. The van der Waals surface area contributed by atoms with Crippen molar-refractivity contribution in [1.29, 1.82) is 0 Å². The second-order valence-corrected chi connectivity index (χ2v) is 11.7. The van der Waals surface area contributed by atoms with Crippen molar-refractivity contribution in [3.05, 3.63) is 63.6 Å². The summed E-state index contributed by atoms with van der Waals surface area (Å²) in [4.78, 5) is 28.1. The van der Waals surface area contributed by atoms with E-state index in [0.29, 0.717) is 34.3 Å². The first-order chi connectivity index (χ1) is 16.3. The standard InChI is InChI=1S/C25H33Cl2N3O4S/c1-6-22(25(32)28-14-17(2)3)29(15-19-8-11-20(26)12-9-19)24(31)16-30(35(5,33)34)23-13-21(27)10-7-18(23)4/h7-13,17,22H,6,14-16H2,1-5H3,(H,28,32). The number of carbonyl (C=O) groups excluding carboxylic acids is 2. The molecule has 0 saturated heterocycles. The first-order valence-electron chi connectivity index (χ1n) is 11.4. The largest absolute Gasteiger partial charge is 0.354 e. The number of hydrogen-bond acceptors (Lipinski definition) is 4. The molecule has 0 aliphatic rings. The number of benzene rings is 2. The highest BCUT2D eigenvalue weighted by Crippen LogP contribution is 2.27. The fourth-order valence-electron chi connectivity index (χ4n) is 3.57. The van der Waals surface area contributed by atoms with Crippen molar-refractivity contribution >= 4 is 50.7 Å². The van der Waals surface area contributed by atoms with Crippen LogP contribution in [0.25, 0.3) is 0 Å². The molecule has 0 heterocycles. The number of aryl methyl sites for hydroxylation is 1. The number of carbonyl (C=O) groups is 2. The molecule has 0 aromatic heterocycles. The van der Waals surface area contributed by atoms with Crippen LogP contribution in [-0.2, 0) is 26.2 Å². The summed E-state index contributed by atoms with van der Waals surface area (Å²) in [7, 11) is -3.83. The maximum atomic E-state index is 13.7. The molecule has 0 bridgehead atoms. The molecule has 2 aromatic rings. The number of rotatable bonds is 11. The Morgan fingerprint density at radius 3 is 2.17 bits per heavy atom. The monoisotopic (exact) mass is 541 g/mol. The summed E-state index contributed by atoms with van der Waals surface area (Å²) in [5.41, 5.74) is 1.73. The Labute approximate surface area is 218 Å². The average Bonchev–Trinajstić information content (AvgIpc) is 2.78. The molecule has 1 N–H and O–H groups in total. The van der Waals surface area contributed by atoms with Gasteiger partial charge >= 0.3 is 0 Å². The molecule has 192 valence electrons. The number of amides is 2. The number of nitrogens with one attached hydrogen (secondary N) is 1. The molecule has 0 spiro atoms. The number of sulfonamides is 1. The van der Waals surface area contributed by atoms with Crippen LogP contribution in [0.5, 0.6) is 0 Å². The molecule has 0 aliphatic carbocycles. The van der Waals surface area contributed by atoms with Crippen molar-refractivity contribution in [2.24, 2.45) is 5.92 Å². The highest BCUT2D eigenvalue weighted by Gasteiger charge is 2.32. The van der Waals surface area contributed by atoms with E-state index in [4.69, 9.17) is 23.2 Å². The molecule has 35 heavy (non-hydrogen) atoms. The maximum absolute atomic E-state index is 13.7. The molecular formula is C25H33Cl2N3O4S. The van der Waals surface area contributed by atoms with Gasteiger partial charge in [0.1, 0.15) is 12.6 Å². The van der Waals surface area contributed by atoms with Crippen LogP contribution in [0.1, 0.15) is 38.3 Å². The molecule has 0 aliphatic heterocycles. The molecule has 1 atom stereocenters. The number of hydrogen-bond donors (Lipinski definition) is 1. The molecule has 0 radical (unpaired) electrons. The molecular weight excluding hydrogens is 509 g/mol. The van der Waals surface area contributed by atoms with Gasteiger partial charge in [-0.05, 0) is 54.7 Å². The summed E-state index contributed by atoms with van der Waals surface area (Å²) in [6.45, 7) is 7.64. The predicted molar refractivity (Wildman–Crippen MR) is 142 cm³/mol. The van der Waals surface area contributed by atoms with Gasteiger partial charge in [0.25, 0.3) is 0 Å². The molecule has 2 aromatic carbocycles. The van der Waals surface area contributed by atoms with Gasteiger partial charge in [0.2, 0.25) is 21.8 Å². The highest BCUT2D eigenvalue weighted by molar-refractivity contribution is 7.92. The topological polar surface area (TPSA) is 86.8 Å². The van der Waals surface area contributed by atoms with Crippen molar-refractivity contribution in [3.8, 4) is 0 Å². The summed E-state index contributed by atoms with van der Waals surface area (Å²) in [5.74, 6) is -0.548.